The van der Waals surface area contributed by atoms with Crippen molar-refractivity contribution in [2.45, 2.75) is 13.0 Å². The molecule has 1 heterocycles. The van der Waals surface area contributed by atoms with Gasteiger partial charge >= 0.3 is 0 Å². The van der Waals surface area contributed by atoms with E-state index >= 15 is 0 Å². The van der Waals surface area contributed by atoms with E-state index in [0.717, 1.165) is 5.69 Å². The van der Waals surface area contributed by atoms with Crippen molar-refractivity contribution in [3.63, 3.8) is 0 Å². The Hall–Kier alpha value is -0.980. The molecule has 5 nitrogen and oxygen atoms in total. The Labute approximate surface area is 96.3 Å². The van der Waals surface area contributed by atoms with Gasteiger partial charge in [-0.3, -0.25) is 4.98 Å². The fraction of sp³-hybridized carbons (Fsp3) is 0.500. The summed E-state index contributed by atoms with van der Waals surface area (Å²) < 4.78 is 24.4. The molecule has 0 amide bonds. The first kappa shape index (κ1) is 13.1. The van der Waals surface area contributed by atoms with Crippen molar-refractivity contribution in [2.24, 2.45) is 5.73 Å². The minimum absolute atomic E-state index is 0.305. The number of hydrogen-bond acceptors (Lipinski definition) is 4. The molecule has 16 heavy (non-hydrogen) atoms. The first-order chi connectivity index (χ1) is 7.54. The third-order valence-electron chi connectivity index (χ3n) is 2.15. The zero-order valence-electron chi connectivity index (χ0n) is 9.33. The van der Waals surface area contributed by atoms with Crippen molar-refractivity contribution in [1.29, 1.82) is 0 Å². The monoisotopic (exact) mass is 243 g/mol. The lowest BCUT2D eigenvalue weighted by Crippen LogP contribution is -2.31. The fourth-order valence-electron chi connectivity index (χ4n) is 1.30. The van der Waals surface area contributed by atoms with Gasteiger partial charge in [0, 0.05) is 12.7 Å². The standard InChI is InChI=1S/C10H17N3O2S/c1-16(14,15)13(8-4-6-11)9-10-5-2-3-7-12-10/h2-3,5,7H,4,6,8-9,11H2,1H3. The van der Waals surface area contributed by atoms with Crippen LogP contribution in [0.3, 0.4) is 0 Å². The minimum atomic E-state index is -3.20. The number of sulfonamides is 1. The van der Waals surface area contributed by atoms with Crippen molar-refractivity contribution < 1.29 is 8.42 Å². The van der Waals surface area contributed by atoms with Gasteiger partial charge in [0.2, 0.25) is 10.0 Å². The van der Waals surface area contributed by atoms with Crippen LogP contribution in [0.4, 0.5) is 0 Å². The molecule has 1 aromatic rings. The molecule has 0 bridgehead atoms. The third-order valence-corrected chi connectivity index (χ3v) is 3.39. The second-order valence-corrected chi connectivity index (χ2v) is 5.54. The SMILES string of the molecule is CS(=O)(=O)N(CCCN)Cc1ccccn1. The second kappa shape index (κ2) is 5.93. The quantitative estimate of drug-likeness (QED) is 0.774. The molecule has 1 rings (SSSR count). The number of nitrogens with zero attached hydrogens (tertiary/aromatic N) is 2. The van der Waals surface area contributed by atoms with Gasteiger partial charge in [-0.15, -0.1) is 0 Å². The van der Waals surface area contributed by atoms with Crippen LogP contribution in [0, 0.1) is 0 Å². The summed E-state index contributed by atoms with van der Waals surface area (Å²) in [5.41, 5.74) is 6.12. The van der Waals surface area contributed by atoms with Crippen LogP contribution in [0.15, 0.2) is 24.4 Å². The van der Waals surface area contributed by atoms with Crippen LogP contribution in [-0.2, 0) is 16.6 Å². The average molecular weight is 243 g/mol. The Kier molecular flexibility index (Phi) is 4.85. The van der Waals surface area contributed by atoms with Crippen LogP contribution < -0.4 is 5.73 Å². The van der Waals surface area contributed by atoms with Crippen LogP contribution in [0.2, 0.25) is 0 Å². The second-order valence-electron chi connectivity index (χ2n) is 3.56. The summed E-state index contributed by atoms with van der Waals surface area (Å²) in [6, 6.07) is 5.44. The third kappa shape index (κ3) is 4.26. The molecule has 0 aliphatic carbocycles. The molecule has 0 spiro atoms. The molecule has 0 unspecified atom stereocenters. The molecule has 2 N–H and O–H groups in total. The highest BCUT2D eigenvalue weighted by atomic mass is 32.2. The van der Waals surface area contributed by atoms with Crippen LogP contribution in [0.25, 0.3) is 0 Å². The molecule has 0 aliphatic heterocycles. The lowest BCUT2D eigenvalue weighted by Gasteiger charge is -2.18. The van der Waals surface area contributed by atoms with E-state index in [1.54, 1.807) is 18.3 Å². The molecule has 6 heteroatoms. The van der Waals surface area contributed by atoms with Crippen molar-refractivity contribution in [3.8, 4) is 0 Å². The summed E-state index contributed by atoms with van der Waals surface area (Å²) in [5, 5.41) is 0. The summed E-state index contributed by atoms with van der Waals surface area (Å²) in [7, 11) is -3.20. The maximum atomic E-state index is 11.5. The Morgan fingerprint density at radius 3 is 2.69 bits per heavy atom. The van der Waals surface area contributed by atoms with E-state index < -0.39 is 10.0 Å². The zero-order valence-corrected chi connectivity index (χ0v) is 10.2. The lowest BCUT2D eigenvalue weighted by molar-refractivity contribution is 0.401. The van der Waals surface area contributed by atoms with E-state index in [1.807, 2.05) is 6.07 Å². The lowest BCUT2D eigenvalue weighted by atomic mass is 10.3. The Balaban J connectivity index is 2.72. The maximum Gasteiger partial charge on any atom is 0.211 e. The van der Waals surface area contributed by atoms with Gasteiger partial charge < -0.3 is 5.73 Å². The number of nitrogens with two attached hydrogens (primary N) is 1. The van der Waals surface area contributed by atoms with Gasteiger partial charge in [-0.1, -0.05) is 6.07 Å². The van der Waals surface area contributed by atoms with E-state index in [1.165, 1.54) is 10.6 Å². The summed E-state index contributed by atoms with van der Waals surface area (Å²) in [6.45, 7) is 1.22. The van der Waals surface area contributed by atoms with Gasteiger partial charge in [-0.2, -0.15) is 4.31 Å². The molecule has 0 atom stereocenters. The highest BCUT2D eigenvalue weighted by Gasteiger charge is 2.16. The molecule has 0 aliphatic rings. The predicted octanol–water partition coefficient (Wildman–Crippen LogP) is 0.192. The van der Waals surface area contributed by atoms with E-state index in [-0.39, 0.29) is 0 Å². The van der Waals surface area contributed by atoms with E-state index in [9.17, 15) is 8.42 Å². The van der Waals surface area contributed by atoms with Crippen LogP contribution >= 0.6 is 0 Å². The van der Waals surface area contributed by atoms with Crippen molar-refractivity contribution >= 4 is 10.0 Å². The summed E-state index contributed by atoms with van der Waals surface area (Å²) in [6.07, 6.45) is 3.51. The topological polar surface area (TPSA) is 76.3 Å². The molecule has 0 saturated carbocycles. The fourth-order valence-corrected chi connectivity index (χ4v) is 2.13. The summed E-state index contributed by atoms with van der Waals surface area (Å²) >= 11 is 0. The summed E-state index contributed by atoms with van der Waals surface area (Å²) in [4.78, 5) is 4.10. The molecule has 0 radical (unpaired) electrons. The Morgan fingerprint density at radius 1 is 1.44 bits per heavy atom. The van der Waals surface area contributed by atoms with E-state index in [4.69, 9.17) is 5.73 Å². The van der Waals surface area contributed by atoms with Crippen molar-refractivity contribution in [1.82, 2.24) is 9.29 Å². The molecular formula is C10H17N3O2S. The van der Waals surface area contributed by atoms with Crippen molar-refractivity contribution in [2.75, 3.05) is 19.3 Å². The Bertz CT molecular complexity index is 405. The number of rotatable bonds is 6. The number of aromatic nitrogens is 1. The molecule has 1 aromatic heterocycles. The average Bonchev–Trinajstić information content (AvgIpc) is 2.24. The van der Waals surface area contributed by atoms with Crippen LogP contribution in [0.5, 0.6) is 0 Å². The van der Waals surface area contributed by atoms with Gasteiger partial charge in [0.05, 0.1) is 18.5 Å². The predicted molar refractivity (Wildman–Crippen MR) is 63.2 cm³/mol. The molecule has 0 aromatic carbocycles. The zero-order chi connectivity index (χ0) is 12.0. The Morgan fingerprint density at radius 2 is 2.19 bits per heavy atom. The number of hydrogen-bond donors (Lipinski definition) is 1. The van der Waals surface area contributed by atoms with Gasteiger partial charge in [0.1, 0.15) is 0 Å². The number of pyridine rings is 1. The van der Waals surface area contributed by atoms with Crippen molar-refractivity contribution in [3.05, 3.63) is 30.1 Å². The molecule has 0 saturated heterocycles. The molecule has 90 valence electrons. The largest absolute Gasteiger partial charge is 0.330 e. The maximum absolute atomic E-state index is 11.5. The summed E-state index contributed by atoms with van der Waals surface area (Å²) in [5.74, 6) is 0. The normalized spacial score (nSPS) is 11.9. The molecule has 0 fully saturated rings. The molecular weight excluding hydrogens is 226 g/mol. The van der Waals surface area contributed by atoms with Crippen LogP contribution in [-0.4, -0.2) is 37.1 Å². The van der Waals surface area contributed by atoms with E-state index in [2.05, 4.69) is 4.98 Å². The van der Waals surface area contributed by atoms with Gasteiger partial charge in [-0.25, -0.2) is 8.42 Å². The first-order valence-electron chi connectivity index (χ1n) is 5.09. The van der Waals surface area contributed by atoms with Gasteiger partial charge in [0.15, 0.2) is 0 Å². The van der Waals surface area contributed by atoms with Gasteiger partial charge in [-0.05, 0) is 25.1 Å². The first-order valence-corrected chi connectivity index (χ1v) is 6.94. The smallest absolute Gasteiger partial charge is 0.211 e. The van der Waals surface area contributed by atoms with Gasteiger partial charge in [0.25, 0.3) is 0 Å². The highest BCUT2D eigenvalue weighted by molar-refractivity contribution is 7.88. The van der Waals surface area contributed by atoms with Crippen LogP contribution in [0.1, 0.15) is 12.1 Å². The highest BCUT2D eigenvalue weighted by Crippen LogP contribution is 2.06. The van der Waals surface area contributed by atoms with E-state index in [0.29, 0.717) is 26.1 Å². The minimum Gasteiger partial charge on any atom is -0.330 e.